The Morgan fingerprint density at radius 2 is 1.96 bits per heavy atom. The maximum atomic E-state index is 12.8. The van der Waals surface area contributed by atoms with Gasteiger partial charge in [0.05, 0.1) is 31.5 Å². The largest absolute Gasteiger partial charge is 0.497 e. The zero-order valence-electron chi connectivity index (χ0n) is 15.8. The lowest BCUT2D eigenvalue weighted by atomic mass is 10.1. The summed E-state index contributed by atoms with van der Waals surface area (Å²) in [6, 6.07) is 15.0. The Labute approximate surface area is 163 Å². The Hall–Kier alpha value is -3.41. The van der Waals surface area contributed by atoms with Gasteiger partial charge in [0.2, 0.25) is 0 Å². The molecule has 0 aliphatic heterocycles. The van der Waals surface area contributed by atoms with Gasteiger partial charge in [0.15, 0.2) is 0 Å². The number of amides is 1. The minimum Gasteiger partial charge on any atom is -0.497 e. The number of fused-ring (bicyclic) bond motifs is 1. The number of hydrazone groups is 1. The van der Waals surface area contributed by atoms with Gasteiger partial charge < -0.3 is 9.47 Å². The molecule has 6 nitrogen and oxygen atoms in total. The van der Waals surface area contributed by atoms with Crippen LogP contribution in [0.1, 0.15) is 40.4 Å². The maximum absolute atomic E-state index is 12.8. The first-order chi connectivity index (χ1) is 13.7. The molecule has 0 spiro atoms. The van der Waals surface area contributed by atoms with Gasteiger partial charge in [0.25, 0.3) is 5.91 Å². The standard InChI is InChI=1S/C22H21N3O3/c1-27-16-10-9-15(21(11-16)28-2)13-23-25-22(26)18-12-20(14-7-8-14)24-19-6-4-3-5-17(18)19/h3-6,9-14H,7-8H2,1-2H3,(H,25,26). The lowest BCUT2D eigenvalue weighted by Gasteiger charge is -2.09. The van der Waals surface area contributed by atoms with Crippen molar-refractivity contribution in [2.24, 2.45) is 5.10 Å². The normalized spacial score (nSPS) is 13.6. The van der Waals surface area contributed by atoms with Crippen molar-refractivity contribution in [3.8, 4) is 11.5 Å². The minimum atomic E-state index is -0.260. The molecule has 1 fully saturated rings. The number of ether oxygens (including phenoxy) is 2. The van der Waals surface area contributed by atoms with Gasteiger partial charge >= 0.3 is 0 Å². The summed E-state index contributed by atoms with van der Waals surface area (Å²) in [4.78, 5) is 17.5. The maximum Gasteiger partial charge on any atom is 0.272 e. The number of carbonyl (C=O) groups excluding carboxylic acids is 1. The van der Waals surface area contributed by atoms with Gasteiger partial charge in [-0.25, -0.2) is 5.43 Å². The molecule has 1 aliphatic carbocycles. The predicted octanol–water partition coefficient (Wildman–Crippen LogP) is 3.89. The number of pyridine rings is 1. The highest BCUT2D eigenvalue weighted by Gasteiger charge is 2.26. The summed E-state index contributed by atoms with van der Waals surface area (Å²) >= 11 is 0. The number of para-hydroxylation sites is 1. The zero-order chi connectivity index (χ0) is 19.5. The summed E-state index contributed by atoms with van der Waals surface area (Å²) in [5, 5.41) is 4.93. The minimum absolute atomic E-state index is 0.260. The Balaban J connectivity index is 1.58. The van der Waals surface area contributed by atoms with Crippen LogP contribution in [-0.2, 0) is 0 Å². The van der Waals surface area contributed by atoms with E-state index in [4.69, 9.17) is 14.5 Å². The number of nitrogens with one attached hydrogen (secondary N) is 1. The quantitative estimate of drug-likeness (QED) is 0.524. The van der Waals surface area contributed by atoms with E-state index in [9.17, 15) is 4.79 Å². The molecule has 142 valence electrons. The molecule has 0 unspecified atom stereocenters. The summed E-state index contributed by atoms with van der Waals surface area (Å²) in [5.41, 5.74) is 5.76. The van der Waals surface area contributed by atoms with E-state index in [1.54, 1.807) is 26.5 Å². The van der Waals surface area contributed by atoms with Crippen LogP contribution in [0.5, 0.6) is 11.5 Å². The number of carbonyl (C=O) groups is 1. The molecule has 1 aliphatic rings. The summed E-state index contributed by atoms with van der Waals surface area (Å²) in [7, 11) is 3.17. The first kappa shape index (κ1) is 18.0. The van der Waals surface area contributed by atoms with Crippen LogP contribution in [0, 0.1) is 0 Å². The Morgan fingerprint density at radius 1 is 1.14 bits per heavy atom. The van der Waals surface area contributed by atoms with Crippen molar-refractivity contribution in [3.05, 3.63) is 65.4 Å². The molecule has 1 saturated carbocycles. The topological polar surface area (TPSA) is 72.8 Å². The van der Waals surface area contributed by atoms with Crippen LogP contribution in [0.25, 0.3) is 10.9 Å². The summed E-state index contributed by atoms with van der Waals surface area (Å²) in [6.45, 7) is 0. The van der Waals surface area contributed by atoms with E-state index in [0.29, 0.717) is 23.0 Å². The van der Waals surface area contributed by atoms with Crippen LogP contribution < -0.4 is 14.9 Å². The molecule has 0 atom stereocenters. The lowest BCUT2D eigenvalue weighted by molar-refractivity contribution is 0.0956. The molecule has 0 radical (unpaired) electrons. The molecule has 0 bridgehead atoms. The van der Waals surface area contributed by atoms with E-state index in [1.807, 2.05) is 42.5 Å². The Bertz CT molecular complexity index is 1060. The molecular weight excluding hydrogens is 354 g/mol. The lowest BCUT2D eigenvalue weighted by Crippen LogP contribution is -2.18. The molecule has 4 rings (SSSR count). The monoisotopic (exact) mass is 375 g/mol. The smallest absolute Gasteiger partial charge is 0.272 e. The van der Waals surface area contributed by atoms with Gasteiger partial charge in [0, 0.05) is 28.6 Å². The first-order valence-corrected chi connectivity index (χ1v) is 9.14. The third-order valence-corrected chi connectivity index (χ3v) is 4.79. The van der Waals surface area contributed by atoms with Crippen molar-refractivity contribution >= 4 is 23.0 Å². The number of rotatable bonds is 6. The third kappa shape index (κ3) is 3.67. The third-order valence-electron chi connectivity index (χ3n) is 4.79. The molecule has 3 aromatic rings. The van der Waals surface area contributed by atoms with Crippen molar-refractivity contribution in [3.63, 3.8) is 0 Å². The van der Waals surface area contributed by atoms with Crippen LogP contribution in [-0.4, -0.2) is 31.3 Å². The van der Waals surface area contributed by atoms with Crippen LogP contribution in [0.4, 0.5) is 0 Å². The van der Waals surface area contributed by atoms with Gasteiger partial charge in [-0.15, -0.1) is 0 Å². The second-order valence-electron chi connectivity index (χ2n) is 6.69. The SMILES string of the molecule is COc1ccc(C=NNC(=O)c2cc(C3CC3)nc3ccccc23)c(OC)c1. The molecule has 2 aromatic carbocycles. The molecule has 1 heterocycles. The fourth-order valence-corrected chi connectivity index (χ4v) is 3.12. The molecule has 6 heteroatoms. The summed E-state index contributed by atoms with van der Waals surface area (Å²) in [6.07, 6.45) is 3.81. The fraction of sp³-hybridized carbons (Fsp3) is 0.227. The molecule has 1 amide bonds. The van der Waals surface area contributed by atoms with Gasteiger partial charge in [-0.2, -0.15) is 5.10 Å². The second-order valence-corrected chi connectivity index (χ2v) is 6.69. The van der Waals surface area contributed by atoms with Crippen LogP contribution in [0.2, 0.25) is 0 Å². The molecular formula is C22H21N3O3. The average Bonchev–Trinajstić information content (AvgIpc) is 3.58. The van der Waals surface area contributed by atoms with E-state index in [-0.39, 0.29) is 5.91 Å². The second kappa shape index (κ2) is 7.68. The summed E-state index contributed by atoms with van der Waals surface area (Å²) < 4.78 is 10.5. The molecule has 1 N–H and O–H groups in total. The van der Waals surface area contributed by atoms with Gasteiger partial charge in [-0.3, -0.25) is 9.78 Å². The number of methoxy groups -OCH3 is 2. The highest BCUT2D eigenvalue weighted by Crippen LogP contribution is 2.40. The summed E-state index contributed by atoms with van der Waals surface area (Å²) in [5.74, 6) is 1.50. The van der Waals surface area contributed by atoms with Crippen molar-refractivity contribution in [1.29, 1.82) is 0 Å². The van der Waals surface area contributed by atoms with E-state index in [2.05, 4.69) is 10.5 Å². The Kier molecular flexibility index (Phi) is 4.93. The Morgan fingerprint density at radius 3 is 2.71 bits per heavy atom. The van der Waals surface area contributed by atoms with Crippen molar-refractivity contribution in [2.75, 3.05) is 14.2 Å². The number of hydrogen-bond donors (Lipinski definition) is 1. The predicted molar refractivity (Wildman–Crippen MR) is 108 cm³/mol. The van der Waals surface area contributed by atoms with Crippen LogP contribution >= 0.6 is 0 Å². The van der Waals surface area contributed by atoms with Crippen molar-refractivity contribution < 1.29 is 14.3 Å². The van der Waals surface area contributed by atoms with Gasteiger partial charge in [-0.1, -0.05) is 18.2 Å². The van der Waals surface area contributed by atoms with Gasteiger partial charge in [-0.05, 0) is 37.1 Å². The van der Waals surface area contributed by atoms with Gasteiger partial charge in [0.1, 0.15) is 11.5 Å². The zero-order valence-corrected chi connectivity index (χ0v) is 15.8. The van der Waals surface area contributed by atoms with Crippen molar-refractivity contribution in [1.82, 2.24) is 10.4 Å². The fourth-order valence-electron chi connectivity index (χ4n) is 3.12. The molecule has 0 saturated heterocycles. The van der Waals surface area contributed by atoms with Crippen LogP contribution in [0.15, 0.2) is 53.6 Å². The highest BCUT2D eigenvalue weighted by molar-refractivity contribution is 6.06. The highest BCUT2D eigenvalue weighted by atomic mass is 16.5. The first-order valence-electron chi connectivity index (χ1n) is 9.14. The van der Waals surface area contributed by atoms with E-state index in [0.717, 1.165) is 35.0 Å². The number of hydrogen-bond acceptors (Lipinski definition) is 5. The van der Waals surface area contributed by atoms with E-state index < -0.39 is 0 Å². The van der Waals surface area contributed by atoms with E-state index >= 15 is 0 Å². The average molecular weight is 375 g/mol. The van der Waals surface area contributed by atoms with Crippen LogP contribution in [0.3, 0.4) is 0 Å². The number of nitrogens with zero attached hydrogens (tertiary/aromatic N) is 2. The number of aromatic nitrogens is 1. The molecule has 1 aromatic heterocycles. The molecule has 28 heavy (non-hydrogen) atoms. The van der Waals surface area contributed by atoms with E-state index in [1.165, 1.54) is 0 Å². The number of benzene rings is 2. The van der Waals surface area contributed by atoms with Crippen molar-refractivity contribution in [2.45, 2.75) is 18.8 Å².